The number of nitro benzene ring substituents is 1. The van der Waals surface area contributed by atoms with Gasteiger partial charge in [-0.2, -0.15) is 0 Å². The van der Waals surface area contributed by atoms with Crippen molar-refractivity contribution in [3.63, 3.8) is 0 Å². The third kappa shape index (κ3) is 5.42. The first-order valence-corrected chi connectivity index (χ1v) is 10.7. The monoisotopic (exact) mass is 453 g/mol. The summed E-state index contributed by atoms with van der Waals surface area (Å²) in [4.78, 5) is 24.2. The van der Waals surface area contributed by atoms with Gasteiger partial charge in [0.25, 0.3) is 5.69 Å². The Hall–Kier alpha value is -3.61. The van der Waals surface area contributed by atoms with E-state index in [4.69, 9.17) is 14.2 Å². The fourth-order valence-corrected chi connectivity index (χ4v) is 3.42. The molecule has 1 heterocycles. The molecule has 0 spiro atoms. The van der Waals surface area contributed by atoms with E-state index in [0.29, 0.717) is 11.3 Å². The number of aryl methyl sites for hydroxylation is 2. The van der Waals surface area contributed by atoms with Crippen LogP contribution >= 0.6 is 0 Å². The third-order valence-electron chi connectivity index (χ3n) is 5.17. The van der Waals surface area contributed by atoms with Gasteiger partial charge in [-0.25, -0.2) is 0 Å². The number of nitro groups is 1. The quantitative estimate of drug-likeness (QED) is 0.276. The molecule has 0 atom stereocenters. The van der Waals surface area contributed by atoms with Crippen LogP contribution < -0.4 is 14.2 Å². The van der Waals surface area contributed by atoms with E-state index in [2.05, 4.69) is 6.58 Å². The van der Waals surface area contributed by atoms with Crippen LogP contribution in [0.2, 0.25) is 0 Å². The summed E-state index contributed by atoms with van der Waals surface area (Å²) in [5.74, 6) is 0.291. The highest BCUT2D eigenvalue weighted by molar-refractivity contribution is 6.05. The molecule has 3 rings (SSSR count). The molecule has 0 bridgehead atoms. The number of carbonyl (C=O) groups is 1. The number of hydrogen-bond acceptors (Lipinski definition) is 6. The second-order valence-corrected chi connectivity index (χ2v) is 7.90. The van der Waals surface area contributed by atoms with Crippen molar-refractivity contribution in [2.24, 2.45) is 0 Å². The molecule has 7 heteroatoms. The molecule has 0 aliphatic carbocycles. The molecule has 0 aromatic heterocycles. The number of hydrogen-bond donors (Lipinski definition) is 0. The van der Waals surface area contributed by atoms with E-state index in [0.717, 1.165) is 16.7 Å². The molecule has 0 fully saturated rings. The second-order valence-electron chi connectivity index (χ2n) is 7.90. The smallest absolute Gasteiger partial charge is 0.287 e. The molecule has 0 amide bonds. The Kier molecular flexibility index (Phi) is 8.03. The summed E-state index contributed by atoms with van der Waals surface area (Å²) in [5.41, 5.74) is 2.11. The SMILES string of the molecule is C=Cc1cc(C)c(C)cc1OCC(=O)c1c([N+](=O)[O-])cc2c(c1OC)C=CC(C)(C)O2.CC. The lowest BCUT2D eigenvalue weighted by atomic mass is 9.96. The highest BCUT2D eigenvalue weighted by Gasteiger charge is 2.34. The van der Waals surface area contributed by atoms with Gasteiger partial charge in [-0.05, 0) is 63.1 Å². The lowest BCUT2D eigenvalue weighted by Crippen LogP contribution is -2.28. The summed E-state index contributed by atoms with van der Waals surface area (Å²) < 4.78 is 17.0. The Bertz CT molecular complexity index is 1110. The molecule has 1 aliphatic heterocycles. The minimum atomic E-state index is -0.634. The molecule has 1 aliphatic rings. The Morgan fingerprint density at radius 1 is 1.21 bits per heavy atom. The van der Waals surface area contributed by atoms with Crippen molar-refractivity contribution < 1.29 is 23.9 Å². The molecule has 0 saturated heterocycles. The van der Waals surface area contributed by atoms with Gasteiger partial charge in [0.05, 0.1) is 23.7 Å². The normalized spacial score (nSPS) is 13.1. The van der Waals surface area contributed by atoms with Gasteiger partial charge in [0.15, 0.2) is 6.61 Å². The number of methoxy groups -OCH3 is 1. The van der Waals surface area contributed by atoms with Crippen molar-refractivity contribution in [1.82, 2.24) is 0 Å². The largest absolute Gasteiger partial charge is 0.495 e. The number of rotatable bonds is 7. The average Bonchev–Trinajstić information content (AvgIpc) is 2.78. The van der Waals surface area contributed by atoms with Gasteiger partial charge in [0, 0.05) is 5.56 Å². The van der Waals surface area contributed by atoms with Crippen LogP contribution in [-0.4, -0.2) is 30.0 Å². The Balaban J connectivity index is 0.00000187. The van der Waals surface area contributed by atoms with Crippen LogP contribution in [0.1, 0.15) is 60.3 Å². The molecular weight excluding hydrogens is 422 g/mol. The zero-order valence-corrected chi connectivity index (χ0v) is 20.3. The number of nitrogens with zero attached hydrogens (tertiary/aromatic N) is 1. The standard InChI is InChI=1S/C24H25NO6.C2H6/c1-7-16-10-14(2)15(3)11-20(16)30-13-19(26)22-18(25(27)28)12-21-17(23(22)29-6)8-9-24(4,5)31-21;1-2/h7-12H,1,13H2,2-6H3;1-2H3. The Morgan fingerprint density at radius 3 is 2.42 bits per heavy atom. The molecule has 2 aromatic rings. The fraction of sp³-hybridized carbons (Fsp3) is 0.346. The van der Waals surface area contributed by atoms with E-state index in [9.17, 15) is 14.9 Å². The molecule has 176 valence electrons. The second kappa shape index (κ2) is 10.3. The van der Waals surface area contributed by atoms with Gasteiger partial charge in [-0.15, -0.1) is 0 Å². The van der Waals surface area contributed by atoms with Crippen molar-refractivity contribution in [2.75, 3.05) is 13.7 Å². The Morgan fingerprint density at radius 2 is 1.85 bits per heavy atom. The van der Waals surface area contributed by atoms with Crippen molar-refractivity contribution in [2.45, 2.75) is 47.1 Å². The van der Waals surface area contributed by atoms with Crippen molar-refractivity contribution in [1.29, 1.82) is 0 Å². The summed E-state index contributed by atoms with van der Waals surface area (Å²) in [6, 6.07) is 4.99. The summed E-state index contributed by atoms with van der Waals surface area (Å²) in [6.45, 7) is 14.9. The van der Waals surface area contributed by atoms with Gasteiger partial charge in [-0.1, -0.05) is 26.5 Å². The van der Waals surface area contributed by atoms with Crippen LogP contribution in [0.5, 0.6) is 17.2 Å². The van der Waals surface area contributed by atoms with E-state index < -0.39 is 22.9 Å². The van der Waals surface area contributed by atoms with Gasteiger partial charge < -0.3 is 14.2 Å². The van der Waals surface area contributed by atoms with Gasteiger partial charge in [-0.3, -0.25) is 14.9 Å². The predicted molar refractivity (Wildman–Crippen MR) is 131 cm³/mol. The summed E-state index contributed by atoms with van der Waals surface area (Å²) in [5, 5.41) is 11.8. The molecule has 7 nitrogen and oxygen atoms in total. The molecule has 0 saturated carbocycles. The zero-order chi connectivity index (χ0) is 24.9. The molecule has 2 aromatic carbocycles. The summed E-state index contributed by atoms with van der Waals surface area (Å²) in [6.07, 6.45) is 5.19. The maximum absolute atomic E-state index is 13.1. The predicted octanol–water partition coefficient (Wildman–Crippen LogP) is 6.34. The summed E-state index contributed by atoms with van der Waals surface area (Å²) >= 11 is 0. The van der Waals surface area contributed by atoms with Crippen LogP contribution in [0.25, 0.3) is 12.2 Å². The van der Waals surface area contributed by atoms with Crippen molar-refractivity contribution in [3.05, 3.63) is 68.8 Å². The van der Waals surface area contributed by atoms with E-state index in [1.807, 2.05) is 53.7 Å². The number of ether oxygens (including phenoxy) is 3. The molecule has 0 unspecified atom stereocenters. The van der Waals surface area contributed by atoms with Crippen molar-refractivity contribution in [3.8, 4) is 17.2 Å². The number of fused-ring (bicyclic) bond motifs is 1. The Labute approximate surface area is 194 Å². The number of carbonyl (C=O) groups excluding carboxylic acids is 1. The highest BCUT2D eigenvalue weighted by Crippen LogP contribution is 2.44. The molecular formula is C26H31NO6. The van der Waals surface area contributed by atoms with Crippen LogP contribution in [-0.2, 0) is 0 Å². The van der Waals surface area contributed by atoms with E-state index in [-0.39, 0.29) is 22.7 Å². The first-order chi connectivity index (χ1) is 15.6. The maximum atomic E-state index is 13.1. The first kappa shape index (κ1) is 25.6. The minimum Gasteiger partial charge on any atom is -0.495 e. The minimum absolute atomic E-state index is 0.0913. The molecule has 0 N–H and O–H groups in total. The van der Waals surface area contributed by atoms with Crippen LogP contribution in [0.4, 0.5) is 5.69 Å². The average molecular weight is 454 g/mol. The molecule has 33 heavy (non-hydrogen) atoms. The highest BCUT2D eigenvalue weighted by atomic mass is 16.6. The first-order valence-electron chi connectivity index (χ1n) is 10.7. The van der Waals surface area contributed by atoms with Gasteiger partial charge in [0.2, 0.25) is 5.78 Å². The van der Waals surface area contributed by atoms with E-state index >= 15 is 0 Å². The molecule has 0 radical (unpaired) electrons. The fourth-order valence-electron chi connectivity index (χ4n) is 3.42. The lowest BCUT2D eigenvalue weighted by molar-refractivity contribution is -0.385. The number of ketones is 1. The number of Topliss-reactive ketones (excluding diaryl/α,β-unsaturated/α-hetero) is 1. The zero-order valence-electron chi connectivity index (χ0n) is 20.3. The van der Waals surface area contributed by atoms with E-state index in [1.165, 1.54) is 13.2 Å². The van der Waals surface area contributed by atoms with Crippen molar-refractivity contribution >= 4 is 23.6 Å². The van der Waals surface area contributed by atoms with Crippen LogP contribution in [0.3, 0.4) is 0 Å². The maximum Gasteiger partial charge on any atom is 0.287 e. The van der Waals surface area contributed by atoms with Gasteiger partial charge >= 0.3 is 0 Å². The lowest BCUT2D eigenvalue weighted by Gasteiger charge is -2.29. The van der Waals surface area contributed by atoms with Crippen LogP contribution in [0.15, 0.2) is 30.9 Å². The van der Waals surface area contributed by atoms with Gasteiger partial charge in [0.1, 0.15) is 28.4 Å². The third-order valence-corrected chi connectivity index (χ3v) is 5.17. The van der Waals surface area contributed by atoms with E-state index in [1.54, 1.807) is 18.2 Å². The van der Waals surface area contributed by atoms with Crippen LogP contribution in [0, 0.1) is 24.0 Å². The summed E-state index contributed by atoms with van der Waals surface area (Å²) in [7, 11) is 1.36. The topological polar surface area (TPSA) is 87.9 Å². The number of benzene rings is 2.